The van der Waals surface area contributed by atoms with Crippen LogP contribution in [0.1, 0.15) is 5.82 Å². The van der Waals surface area contributed by atoms with Gasteiger partial charge in [-0.1, -0.05) is 36.0 Å². The Morgan fingerprint density at radius 2 is 1.51 bits per heavy atom. The van der Waals surface area contributed by atoms with E-state index in [1.54, 1.807) is 13.1 Å². The molecular formula is C27H19N7Pt. The Morgan fingerprint density at radius 1 is 0.771 bits per heavy atom. The molecule has 0 amide bonds. The predicted molar refractivity (Wildman–Crippen MR) is 132 cm³/mol. The molecule has 7 aromatic rings. The Bertz CT molecular complexity index is 1720. The number of hydrogen-bond donors (Lipinski definition) is 0. The van der Waals surface area contributed by atoms with E-state index in [4.69, 9.17) is 4.98 Å². The summed E-state index contributed by atoms with van der Waals surface area (Å²) < 4.78 is 4.38. The average molecular weight is 637 g/mol. The number of pyridine rings is 1. The first-order valence-electron chi connectivity index (χ1n) is 10.9. The standard InChI is InChI=1S/C19H12N3.C8H7N4.Pt/c1-2-8-14(9-3-1)21-17-12-6-7-13-18(17)22-16-11-5-4-10-15(16)20-19(21)22;1-6-10-8(12-11-6)7-4-2-3-5-9-7;/h1-8,10-13H;2-5H,1H3;/q2*-1;+2. The number of imidazole rings is 2. The summed E-state index contributed by atoms with van der Waals surface area (Å²) in [7, 11) is 0. The summed E-state index contributed by atoms with van der Waals surface area (Å²) in [5.74, 6) is 2.19. The van der Waals surface area contributed by atoms with E-state index in [2.05, 4.69) is 83.7 Å². The van der Waals surface area contributed by atoms with Crippen LogP contribution >= 0.6 is 0 Å². The largest absolute Gasteiger partial charge is 2.00 e. The first-order chi connectivity index (χ1) is 16.8. The molecule has 0 bridgehead atoms. The van der Waals surface area contributed by atoms with Crippen LogP contribution in [0.2, 0.25) is 0 Å². The molecule has 0 aliphatic carbocycles. The van der Waals surface area contributed by atoms with Gasteiger partial charge in [0.25, 0.3) is 0 Å². The molecule has 4 heterocycles. The molecule has 0 unspecified atom stereocenters. The van der Waals surface area contributed by atoms with Crippen molar-refractivity contribution < 1.29 is 21.1 Å². The maximum atomic E-state index is 4.83. The zero-order chi connectivity index (χ0) is 22.9. The molecule has 8 heteroatoms. The van der Waals surface area contributed by atoms with Crippen molar-refractivity contribution in [1.29, 1.82) is 0 Å². The molecule has 0 N–H and O–H groups in total. The quantitative estimate of drug-likeness (QED) is 0.249. The predicted octanol–water partition coefficient (Wildman–Crippen LogP) is 5.03. The summed E-state index contributed by atoms with van der Waals surface area (Å²) in [6.45, 7) is 1.80. The van der Waals surface area contributed by atoms with Crippen LogP contribution in [0.3, 0.4) is 0 Å². The zero-order valence-corrected chi connectivity index (χ0v) is 21.0. The fourth-order valence-corrected chi connectivity index (χ4v) is 4.03. The molecule has 0 saturated heterocycles. The van der Waals surface area contributed by atoms with Gasteiger partial charge in [-0.25, -0.2) is 4.98 Å². The van der Waals surface area contributed by atoms with Gasteiger partial charge in [0.2, 0.25) is 5.78 Å². The maximum absolute atomic E-state index is 4.83. The van der Waals surface area contributed by atoms with Crippen molar-refractivity contribution >= 4 is 27.8 Å². The third-order valence-corrected chi connectivity index (χ3v) is 5.49. The molecule has 7 rings (SSSR count). The molecule has 3 aromatic carbocycles. The van der Waals surface area contributed by atoms with Gasteiger partial charge in [-0.3, -0.25) is 14.5 Å². The molecule has 0 saturated carbocycles. The van der Waals surface area contributed by atoms with E-state index in [9.17, 15) is 0 Å². The monoisotopic (exact) mass is 636 g/mol. The number of aromatic nitrogens is 7. The summed E-state index contributed by atoms with van der Waals surface area (Å²) in [5.41, 5.74) is 6.19. The third-order valence-electron chi connectivity index (χ3n) is 5.49. The molecule has 7 nitrogen and oxygen atoms in total. The first-order valence-corrected chi connectivity index (χ1v) is 10.9. The van der Waals surface area contributed by atoms with E-state index in [0.717, 1.165) is 39.2 Å². The second kappa shape index (κ2) is 9.64. The number of benzene rings is 3. The van der Waals surface area contributed by atoms with Crippen LogP contribution in [0.25, 0.3) is 45.1 Å². The minimum absolute atomic E-state index is 0. The molecule has 35 heavy (non-hydrogen) atoms. The van der Waals surface area contributed by atoms with Crippen LogP contribution in [0.5, 0.6) is 0 Å². The Morgan fingerprint density at radius 3 is 2.23 bits per heavy atom. The number of fused-ring (bicyclic) bond motifs is 5. The maximum Gasteiger partial charge on any atom is 2.00 e. The Labute approximate surface area is 215 Å². The summed E-state index contributed by atoms with van der Waals surface area (Å²) in [5, 5.41) is 7.65. The van der Waals surface area contributed by atoms with Crippen molar-refractivity contribution in [3.05, 3.63) is 109 Å². The van der Waals surface area contributed by atoms with Crippen LogP contribution in [0.15, 0.2) is 97.2 Å². The van der Waals surface area contributed by atoms with Crippen molar-refractivity contribution in [2.75, 3.05) is 0 Å². The number of nitrogens with zero attached hydrogens (tertiary/aromatic N) is 7. The van der Waals surface area contributed by atoms with Gasteiger partial charge in [-0.05, 0) is 49.1 Å². The second-order valence-corrected chi connectivity index (χ2v) is 7.71. The molecular weight excluding hydrogens is 617 g/mol. The Balaban J connectivity index is 0.000000167. The normalized spacial score (nSPS) is 10.8. The van der Waals surface area contributed by atoms with Crippen molar-refractivity contribution in [2.24, 2.45) is 0 Å². The van der Waals surface area contributed by atoms with E-state index < -0.39 is 0 Å². The summed E-state index contributed by atoms with van der Waals surface area (Å²) >= 11 is 0. The molecule has 0 atom stereocenters. The van der Waals surface area contributed by atoms with Crippen molar-refractivity contribution in [3.8, 4) is 17.2 Å². The number of rotatable bonds is 2. The van der Waals surface area contributed by atoms with Crippen LogP contribution in [0.4, 0.5) is 0 Å². The molecule has 0 spiro atoms. The zero-order valence-electron chi connectivity index (χ0n) is 18.7. The van der Waals surface area contributed by atoms with E-state index in [-0.39, 0.29) is 21.1 Å². The van der Waals surface area contributed by atoms with Crippen molar-refractivity contribution in [1.82, 2.24) is 34.1 Å². The van der Waals surface area contributed by atoms with Gasteiger partial charge in [-0.2, -0.15) is 24.3 Å². The van der Waals surface area contributed by atoms with Gasteiger partial charge in [-0.15, -0.1) is 6.07 Å². The topological polar surface area (TPSA) is 75.0 Å². The molecule has 0 radical (unpaired) electrons. The van der Waals surface area contributed by atoms with E-state index >= 15 is 0 Å². The Kier molecular flexibility index (Phi) is 6.25. The van der Waals surface area contributed by atoms with Crippen LogP contribution in [0, 0.1) is 13.0 Å². The van der Waals surface area contributed by atoms with Crippen LogP contribution in [-0.4, -0.2) is 29.0 Å². The molecule has 0 aliphatic rings. The number of aryl methyl sites for hydroxylation is 1. The summed E-state index contributed by atoms with van der Waals surface area (Å²) in [6, 6.07) is 33.5. The molecule has 172 valence electrons. The molecule has 0 aliphatic heterocycles. The van der Waals surface area contributed by atoms with Crippen molar-refractivity contribution in [2.45, 2.75) is 6.92 Å². The van der Waals surface area contributed by atoms with Crippen LogP contribution < -0.4 is 5.10 Å². The van der Waals surface area contributed by atoms with Gasteiger partial charge in [0.15, 0.2) is 0 Å². The van der Waals surface area contributed by atoms with Gasteiger partial charge in [0.1, 0.15) is 0 Å². The van der Waals surface area contributed by atoms with Gasteiger partial charge in [0.05, 0.1) is 27.8 Å². The van der Waals surface area contributed by atoms with Crippen LogP contribution in [-0.2, 0) is 21.1 Å². The SMILES string of the molecule is Cc1n[n-]c(-c2ccccn2)n1.[Pt+2].[c-]1ccccc1-n1c2ccccc2n2c3ccccc3nc12. The van der Waals surface area contributed by atoms with Gasteiger partial charge >= 0.3 is 21.1 Å². The third kappa shape index (κ3) is 4.15. The Hall–Kier alpha value is -4.09. The minimum atomic E-state index is 0. The minimum Gasteiger partial charge on any atom is -0.421 e. The van der Waals surface area contributed by atoms with Gasteiger partial charge in [0, 0.05) is 12.0 Å². The summed E-state index contributed by atoms with van der Waals surface area (Å²) in [4.78, 5) is 13.0. The summed E-state index contributed by atoms with van der Waals surface area (Å²) in [6.07, 6.45) is 1.71. The smallest absolute Gasteiger partial charge is 0.421 e. The van der Waals surface area contributed by atoms with Gasteiger partial charge < -0.3 is 14.6 Å². The van der Waals surface area contributed by atoms with Crippen molar-refractivity contribution in [3.63, 3.8) is 0 Å². The second-order valence-electron chi connectivity index (χ2n) is 7.71. The number of hydrogen-bond acceptors (Lipinski definition) is 4. The van der Waals surface area contributed by atoms with E-state index in [0.29, 0.717) is 11.6 Å². The van der Waals surface area contributed by atoms with E-state index in [1.165, 1.54) is 0 Å². The molecule has 4 aromatic heterocycles. The fourth-order valence-electron chi connectivity index (χ4n) is 4.03. The fraction of sp³-hybridized carbons (Fsp3) is 0.0370. The average Bonchev–Trinajstić information content (AvgIpc) is 3.58. The molecule has 0 fully saturated rings. The first kappa shape index (κ1) is 22.7. The number of para-hydroxylation sites is 5. The van der Waals surface area contributed by atoms with E-state index in [1.807, 2.05) is 42.5 Å².